The van der Waals surface area contributed by atoms with E-state index in [0.717, 1.165) is 13.2 Å². The summed E-state index contributed by atoms with van der Waals surface area (Å²) in [5, 5.41) is 0. The minimum absolute atomic E-state index is 0.498. The molecule has 0 aromatic rings. The van der Waals surface area contributed by atoms with Crippen molar-refractivity contribution in [2.45, 2.75) is 142 Å². The number of nitrogens with two attached hydrogens (primary N) is 2. The van der Waals surface area contributed by atoms with Crippen LogP contribution in [0, 0.1) is 0 Å². The molecule has 0 aromatic heterocycles. The molecule has 10 nitrogen and oxygen atoms in total. The molecule has 240 valence electrons. The maximum absolute atomic E-state index is 8.74. The van der Waals surface area contributed by atoms with Crippen LogP contribution in [-0.2, 0) is 29.5 Å². The average molecular weight is 589 g/mol. The number of rotatable bonds is 28. The highest BCUT2D eigenvalue weighted by Crippen LogP contribution is 2.11. The van der Waals surface area contributed by atoms with Crippen molar-refractivity contribution in [3.63, 3.8) is 0 Å². The number of hydrogen-bond donors (Lipinski definition) is 4. The quantitative estimate of drug-likeness (QED) is 0.0426. The second-order valence-corrected chi connectivity index (χ2v) is 10.7. The largest absolute Gasteiger partial charge is 0.394 e. The molecule has 0 saturated heterocycles. The zero-order valence-electron chi connectivity index (χ0n) is 25.3. The molecule has 6 N–H and O–H groups in total. The first kappa shape index (κ1) is 43.1. The fourth-order valence-electron chi connectivity index (χ4n) is 3.80. The molecule has 0 unspecified atom stereocenters. The van der Waals surface area contributed by atoms with Gasteiger partial charge in [0.05, 0.1) is 26.4 Å². The van der Waals surface area contributed by atoms with E-state index < -0.39 is 10.4 Å². The van der Waals surface area contributed by atoms with Crippen LogP contribution in [-0.4, -0.2) is 57.2 Å². The summed E-state index contributed by atoms with van der Waals surface area (Å²) in [6.45, 7) is 8.46. The highest BCUT2D eigenvalue weighted by atomic mass is 32.3. The van der Waals surface area contributed by atoms with Gasteiger partial charge in [0.25, 0.3) is 0 Å². The van der Waals surface area contributed by atoms with Gasteiger partial charge in [-0.2, -0.15) is 8.42 Å². The van der Waals surface area contributed by atoms with Crippen LogP contribution in [0.1, 0.15) is 142 Å². The van der Waals surface area contributed by atoms with Gasteiger partial charge < -0.3 is 19.1 Å². The molecule has 0 rings (SSSR count). The van der Waals surface area contributed by atoms with Crippen molar-refractivity contribution in [2.24, 2.45) is 11.8 Å². The van der Waals surface area contributed by atoms with Crippen molar-refractivity contribution in [3.05, 3.63) is 0 Å². The summed E-state index contributed by atoms with van der Waals surface area (Å²) in [5.74, 6) is 9.78. The molecule has 0 amide bonds. The summed E-state index contributed by atoms with van der Waals surface area (Å²) in [6.07, 6.45) is 27.2. The average Bonchev–Trinajstić information content (AvgIpc) is 2.89. The lowest BCUT2D eigenvalue weighted by molar-refractivity contribution is 0.0463. The van der Waals surface area contributed by atoms with Gasteiger partial charge in [-0.3, -0.25) is 9.11 Å². The zero-order chi connectivity index (χ0) is 29.7. The predicted octanol–water partition coefficient (Wildman–Crippen LogP) is 6.98. The first-order chi connectivity index (χ1) is 18.8. The molecule has 0 aliphatic heterocycles. The van der Waals surface area contributed by atoms with E-state index in [2.05, 4.69) is 23.5 Å². The first-order valence-electron chi connectivity index (χ1n) is 15.3. The number of ether oxygens (including phenoxy) is 2. The number of unbranched alkanes of at least 4 members (excludes halogenated alkanes) is 18. The van der Waals surface area contributed by atoms with Gasteiger partial charge >= 0.3 is 10.4 Å². The Morgan fingerprint density at radius 3 is 0.897 bits per heavy atom. The van der Waals surface area contributed by atoms with Gasteiger partial charge in [-0.15, -0.1) is 0 Å². The third kappa shape index (κ3) is 62.6. The summed E-state index contributed by atoms with van der Waals surface area (Å²) >= 11 is 0. The van der Waals surface area contributed by atoms with Crippen LogP contribution in [0.3, 0.4) is 0 Å². The van der Waals surface area contributed by atoms with E-state index in [0.29, 0.717) is 26.4 Å². The van der Waals surface area contributed by atoms with E-state index in [-0.39, 0.29) is 0 Å². The molecule has 0 atom stereocenters. The Balaban J connectivity index is -0.000000566. The molecule has 0 bridgehead atoms. The van der Waals surface area contributed by atoms with Gasteiger partial charge in [0.2, 0.25) is 0 Å². The Hall–Kier alpha value is -0.370. The van der Waals surface area contributed by atoms with Crippen molar-refractivity contribution in [1.29, 1.82) is 0 Å². The van der Waals surface area contributed by atoms with Gasteiger partial charge in [0.15, 0.2) is 0 Å². The lowest BCUT2D eigenvalue weighted by Crippen LogP contribution is -2.08. The second-order valence-electron chi connectivity index (χ2n) is 9.78. The summed E-state index contributed by atoms with van der Waals surface area (Å²) in [6, 6.07) is 0. The van der Waals surface area contributed by atoms with Crippen LogP contribution in [0.4, 0.5) is 0 Å². The van der Waals surface area contributed by atoms with Gasteiger partial charge in [-0.05, 0) is 12.8 Å². The molecule has 0 aliphatic carbocycles. The van der Waals surface area contributed by atoms with Crippen LogP contribution >= 0.6 is 0 Å². The van der Waals surface area contributed by atoms with Crippen LogP contribution in [0.25, 0.3) is 0 Å². The van der Waals surface area contributed by atoms with Crippen molar-refractivity contribution >= 4 is 10.4 Å². The smallest absolute Gasteiger partial charge is 0.379 e. The molecule has 11 heteroatoms. The maximum Gasteiger partial charge on any atom is 0.394 e. The zero-order valence-corrected chi connectivity index (χ0v) is 26.1. The Labute approximate surface area is 240 Å². The fraction of sp³-hybridized carbons (Fsp3) is 1.00. The van der Waals surface area contributed by atoms with E-state index >= 15 is 0 Å². The lowest BCUT2D eigenvalue weighted by atomic mass is 10.1. The first-order valence-corrected chi connectivity index (χ1v) is 16.7. The normalized spacial score (nSPS) is 11.0. The van der Waals surface area contributed by atoms with Crippen molar-refractivity contribution in [3.8, 4) is 0 Å². The topological polar surface area (TPSA) is 164 Å². The Morgan fingerprint density at radius 2 is 0.667 bits per heavy atom. The van der Waals surface area contributed by atoms with Crippen molar-refractivity contribution < 1.29 is 36.7 Å². The van der Waals surface area contributed by atoms with Crippen LogP contribution in [0.5, 0.6) is 0 Å². The molecule has 0 radical (unpaired) electrons. The molecule has 0 saturated carbocycles. The van der Waals surface area contributed by atoms with Crippen LogP contribution < -0.4 is 11.8 Å². The molecule has 0 aromatic carbocycles. The monoisotopic (exact) mass is 588 g/mol. The minimum Gasteiger partial charge on any atom is -0.379 e. The third-order valence-corrected chi connectivity index (χ3v) is 5.98. The van der Waals surface area contributed by atoms with Crippen molar-refractivity contribution in [1.82, 2.24) is 0 Å². The summed E-state index contributed by atoms with van der Waals surface area (Å²) in [5.41, 5.74) is 0. The molecule has 0 spiro atoms. The Kier molecular flexibility index (Phi) is 43.9. The molecule has 39 heavy (non-hydrogen) atoms. The molecular weight excluding hydrogens is 524 g/mol. The van der Waals surface area contributed by atoms with Gasteiger partial charge in [0.1, 0.15) is 0 Å². The standard InChI is InChI=1S/2C14H31NO2.H2O4S/c2*1-2-3-4-5-6-7-8-9-10-11-12-16-13-14-17-15;1-5(2,3)4/h2*2-15H2,1H3;(H2,1,2,3,4). The van der Waals surface area contributed by atoms with E-state index in [4.69, 9.17) is 38.8 Å². The molecule has 0 heterocycles. The maximum atomic E-state index is 8.74. The third-order valence-electron chi connectivity index (χ3n) is 5.98. The molecule has 0 aliphatic rings. The molecule has 0 fully saturated rings. The lowest BCUT2D eigenvalue weighted by Gasteiger charge is -2.03. The Morgan fingerprint density at radius 1 is 0.436 bits per heavy atom. The Bertz CT molecular complexity index is 448. The van der Waals surface area contributed by atoms with E-state index in [9.17, 15) is 0 Å². The van der Waals surface area contributed by atoms with E-state index in [1.54, 1.807) is 0 Å². The van der Waals surface area contributed by atoms with Gasteiger partial charge in [0, 0.05) is 13.2 Å². The minimum atomic E-state index is -4.67. The van der Waals surface area contributed by atoms with Gasteiger partial charge in [-0.25, -0.2) is 11.8 Å². The highest BCUT2D eigenvalue weighted by molar-refractivity contribution is 7.79. The molecular formula is C28H64N2O8S. The van der Waals surface area contributed by atoms with Crippen molar-refractivity contribution in [2.75, 3.05) is 39.6 Å². The summed E-state index contributed by atoms with van der Waals surface area (Å²) in [4.78, 5) is 8.83. The summed E-state index contributed by atoms with van der Waals surface area (Å²) in [7, 11) is -4.67. The van der Waals surface area contributed by atoms with E-state index in [1.165, 1.54) is 128 Å². The van der Waals surface area contributed by atoms with Gasteiger partial charge in [-0.1, -0.05) is 129 Å². The fourth-order valence-corrected chi connectivity index (χ4v) is 3.80. The van der Waals surface area contributed by atoms with Crippen LogP contribution in [0.2, 0.25) is 0 Å². The second kappa shape index (κ2) is 39.8. The SMILES string of the molecule is CCCCCCCCCCCCOCCON.CCCCCCCCCCCCOCCON.O=S(=O)(O)O. The predicted molar refractivity (Wildman–Crippen MR) is 160 cm³/mol. The number of hydrogen-bond acceptors (Lipinski definition) is 8. The van der Waals surface area contributed by atoms with E-state index in [1.807, 2.05) is 0 Å². The van der Waals surface area contributed by atoms with Crippen LogP contribution in [0.15, 0.2) is 0 Å². The highest BCUT2D eigenvalue weighted by Gasteiger charge is 1.94. The summed E-state index contributed by atoms with van der Waals surface area (Å²) < 4.78 is 42.3.